The molecule has 0 bridgehead atoms. The fraction of sp³-hybridized carbons (Fsp3) is 0.500. The molecule has 0 aliphatic carbocycles. The van der Waals surface area contributed by atoms with Crippen LogP contribution in [0.3, 0.4) is 0 Å². The molecular formula is C14H20N2O2. The van der Waals surface area contributed by atoms with Gasteiger partial charge in [-0.2, -0.15) is 0 Å². The molecule has 2 rings (SSSR count). The Morgan fingerprint density at radius 2 is 1.72 bits per heavy atom. The van der Waals surface area contributed by atoms with Gasteiger partial charge in [0.1, 0.15) is 0 Å². The molecule has 1 amide bonds. The topological polar surface area (TPSA) is 66.6 Å². The first-order valence-corrected chi connectivity index (χ1v) is 6.35. The Bertz CT molecular complexity index is 418. The second kappa shape index (κ2) is 4.88. The SMILES string of the molecule is CC1CC(c2ccc(N)cc2)CC(C)N1C(=O)O. The molecule has 98 valence electrons. The zero-order chi connectivity index (χ0) is 13.3. The zero-order valence-corrected chi connectivity index (χ0v) is 10.8. The molecule has 1 saturated heterocycles. The van der Waals surface area contributed by atoms with Crippen LogP contribution in [-0.2, 0) is 0 Å². The fourth-order valence-corrected chi connectivity index (χ4v) is 3.00. The van der Waals surface area contributed by atoms with Crippen LogP contribution in [0.2, 0.25) is 0 Å². The second-order valence-electron chi connectivity index (χ2n) is 5.22. The first kappa shape index (κ1) is 12.7. The minimum absolute atomic E-state index is 0.0637. The number of rotatable bonds is 1. The normalized spacial score (nSPS) is 28.1. The number of carboxylic acid groups (broad SMARTS) is 1. The minimum Gasteiger partial charge on any atom is -0.465 e. The fourth-order valence-electron chi connectivity index (χ4n) is 3.00. The Morgan fingerprint density at radius 1 is 1.22 bits per heavy atom. The van der Waals surface area contributed by atoms with E-state index in [4.69, 9.17) is 5.73 Å². The zero-order valence-electron chi connectivity index (χ0n) is 10.8. The van der Waals surface area contributed by atoms with Gasteiger partial charge in [-0.25, -0.2) is 4.79 Å². The van der Waals surface area contributed by atoms with Crippen molar-refractivity contribution in [3.63, 3.8) is 0 Å². The maximum absolute atomic E-state index is 11.2. The van der Waals surface area contributed by atoms with E-state index in [2.05, 4.69) is 12.1 Å². The molecule has 1 heterocycles. The van der Waals surface area contributed by atoms with Crippen molar-refractivity contribution in [1.29, 1.82) is 0 Å². The molecule has 1 aromatic carbocycles. The lowest BCUT2D eigenvalue weighted by Gasteiger charge is -2.41. The molecule has 1 aliphatic rings. The van der Waals surface area contributed by atoms with Crippen molar-refractivity contribution >= 4 is 11.8 Å². The van der Waals surface area contributed by atoms with Crippen molar-refractivity contribution in [1.82, 2.24) is 4.90 Å². The Hall–Kier alpha value is -1.71. The van der Waals surface area contributed by atoms with Crippen molar-refractivity contribution in [3.8, 4) is 0 Å². The number of anilines is 1. The lowest BCUT2D eigenvalue weighted by Crippen LogP contribution is -2.48. The summed E-state index contributed by atoms with van der Waals surface area (Å²) in [5.74, 6) is 0.422. The quantitative estimate of drug-likeness (QED) is 0.751. The third-order valence-electron chi connectivity index (χ3n) is 3.83. The Balaban J connectivity index is 2.15. The molecule has 0 saturated carbocycles. The van der Waals surface area contributed by atoms with Gasteiger partial charge in [-0.15, -0.1) is 0 Å². The van der Waals surface area contributed by atoms with Crippen molar-refractivity contribution < 1.29 is 9.90 Å². The smallest absolute Gasteiger partial charge is 0.407 e. The summed E-state index contributed by atoms with van der Waals surface area (Å²) in [7, 11) is 0. The van der Waals surface area contributed by atoms with Crippen LogP contribution in [0, 0.1) is 0 Å². The van der Waals surface area contributed by atoms with E-state index in [-0.39, 0.29) is 12.1 Å². The highest BCUT2D eigenvalue weighted by atomic mass is 16.4. The summed E-state index contributed by atoms with van der Waals surface area (Å²) in [6, 6.07) is 8.05. The predicted molar refractivity (Wildman–Crippen MR) is 71.6 cm³/mol. The third kappa shape index (κ3) is 2.42. The van der Waals surface area contributed by atoms with Crippen LogP contribution >= 0.6 is 0 Å². The molecular weight excluding hydrogens is 228 g/mol. The minimum atomic E-state index is -0.814. The summed E-state index contributed by atoms with van der Waals surface area (Å²) in [4.78, 5) is 12.7. The maximum Gasteiger partial charge on any atom is 0.407 e. The van der Waals surface area contributed by atoms with Gasteiger partial charge in [0.2, 0.25) is 0 Å². The maximum atomic E-state index is 11.2. The molecule has 1 aromatic rings. The summed E-state index contributed by atoms with van der Waals surface area (Å²) < 4.78 is 0. The summed E-state index contributed by atoms with van der Waals surface area (Å²) in [6.45, 7) is 3.96. The molecule has 0 aromatic heterocycles. The number of nitrogen functional groups attached to an aromatic ring is 1. The summed E-state index contributed by atoms with van der Waals surface area (Å²) >= 11 is 0. The highest BCUT2D eigenvalue weighted by Crippen LogP contribution is 2.35. The first-order chi connectivity index (χ1) is 8.49. The van der Waals surface area contributed by atoms with E-state index in [0.717, 1.165) is 18.5 Å². The summed E-state index contributed by atoms with van der Waals surface area (Å²) in [6.07, 6.45) is 0.937. The highest BCUT2D eigenvalue weighted by molar-refractivity contribution is 5.66. The van der Waals surface area contributed by atoms with Gasteiger partial charge >= 0.3 is 6.09 Å². The molecule has 18 heavy (non-hydrogen) atoms. The predicted octanol–water partition coefficient (Wildman–Crippen LogP) is 2.90. The van der Waals surface area contributed by atoms with Gasteiger partial charge in [-0.05, 0) is 50.3 Å². The van der Waals surface area contributed by atoms with Crippen LogP contribution in [0.4, 0.5) is 10.5 Å². The third-order valence-corrected chi connectivity index (χ3v) is 3.83. The van der Waals surface area contributed by atoms with Crippen molar-refractivity contribution in [2.75, 3.05) is 5.73 Å². The van der Waals surface area contributed by atoms with Crippen LogP contribution in [0.25, 0.3) is 0 Å². The number of hydrogen-bond acceptors (Lipinski definition) is 2. The van der Waals surface area contributed by atoms with Gasteiger partial charge in [0.25, 0.3) is 0 Å². The van der Waals surface area contributed by atoms with E-state index < -0.39 is 6.09 Å². The first-order valence-electron chi connectivity index (χ1n) is 6.35. The van der Waals surface area contributed by atoms with Crippen LogP contribution in [0.15, 0.2) is 24.3 Å². The summed E-state index contributed by atoms with van der Waals surface area (Å²) in [5.41, 5.74) is 7.71. The Kier molecular flexibility index (Phi) is 3.45. The van der Waals surface area contributed by atoms with E-state index >= 15 is 0 Å². The Labute approximate surface area is 107 Å². The van der Waals surface area contributed by atoms with Crippen LogP contribution in [0.5, 0.6) is 0 Å². The number of likely N-dealkylation sites (tertiary alicyclic amines) is 1. The van der Waals surface area contributed by atoms with Crippen molar-refractivity contribution in [3.05, 3.63) is 29.8 Å². The van der Waals surface area contributed by atoms with Crippen LogP contribution in [-0.4, -0.2) is 28.2 Å². The van der Waals surface area contributed by atoms with Crippen molar-refractivity contribution in [2.45, 2.75) is 44.7 Å². The number of benzene rings is 1. The number of nitrogens with zero attached hydrogens (tertiary/aromatic N) is 1. The van der Waals surface area contributed by atoms with Gasteiger partial charge in [-0.3, -0.25) is 0 Å². The average Bonchev–Trinajstić information content (AvgIpc) is 2.28. The molecule has 4 nitrogen and oxygen atoms in total. The van der Waals surface area contributed by atoms with Gasteiger partial charge in [0.15, 0.2) is 0 Å². The molecule has 2 atom stereocenters. The van der Waals surface area contributed by atoms with E-state index in [9.17, 15) is 9.90 Å². The van der Waals surface area contributed by atoms with E-state index in [0.29, 0.717) is 5.92 Å². The highest BCUT2D eigenvalue weighted by Gasteiger charge is 2.34. The standard InChI is InChI=1S/C14H20N2O2/c1-9-7-12(8-10(2)16(9)14(17)18)11-3-5-13(15)6-4-11/h3-6,9-10,12H,7-8,15H2,1-2H3,(H,17,18). The number of carbonyl (C=O) groups is 1. The molecule has 1 fully saturated rings. The largest absolute Gasteiger partial charge is 0.465 e. The number of piperidine rings is 1. The molecule has 2 unspecified atom stereocenters. The van der Waals surface area contributed by atoms with Gasteiger partial charge < -0.3 is 15.7 Å². The second-order valence-corrected chi connectivity index (χ2v) is 5.22. The number of amides is 1. The van der Waals surface area contributed by atoms with E-state index in [1.54, 1.807) is 4.90 Å². The molecule has 0 spiro atoms. The summed E-state index contributed by atoms with van der Waals surface area (Å²) in [5, 5.41) is 9.18. The van der Waals surface area contributed by atoms with E-state index in [1.807, 2.05) is 26.0 Å². The van der Waals surface area contributed by atoms with Gasteiger partial charge in [-0.1, -0.05) is 12.1 Å². The van der Waals surface area contributed by atoms with Crippen LogP contribution in [0.1, 0.15) is 38.2 Å². The molecule has 1 aliphatic heterocycles. The van der Waals surface area contributed by atoms with Crippen molar-refractivity contribution in [2.24, 2.45) is 0 Å². The molecule has 4 heteroatoms. The van der Waals surface area contributed by atoms with Gasteiger partial charge in [0.05, 0.1) is 0 Å². The van der Waals surface area contributed by atoms with E-state index in [1.165, 1.54) is 5.56 Å². The Morgan fingerprint density at radius 3 is 2.17 bits per heavy atom. The molecule has 3 N–H and O–H groups in total. The lowest BCUT2D eigenvalue weighted by atomic mass is 9.82. The number of nitrogens with two attached hydrogens (primary N) is 1. The van der Waals surface area contributed by atoms with Crippen LogP contribution < -0.4 is 5.73 Å². The number of hydrogen-bond donors (Lipinski definition) is 2. The lowest BCUT2D eigenvalue weighted by molar-refractivity contribution is 0.0767. The molecule has 0 radical (unpaired) electrons. The monoisotopic (exact) mass is 248 g/mol. The average molecular weight is 248 g/mol. The van der Waals surface area contributed by atoms with Gasteiger partial charge in [0, 0.05) is 17.8 Å².